The van der Waals surface area contributed by atoms with Crippen LogP contribution < -0.4 is 5.32 Å². The van der Waals surface area contributed by atoms with Crippen LogP contribution in [0.1, 0.15) is 46.5 Å². The number of carbonyl (C=O) groups is 1. The molecule has 16 heavy (non-hydrogen) atoms. The first kappa shape index (κ1) is 15.4. The molecule has 0 saturated carbocycles. The normalized spacial score (nSPS) is 10.8. The summed E-state index contributed by atoms with van der Waals surface area (Å²) in [6.07, 6.45) is 3.58. The molecule has 1 N–H and O–H groups in total. The number of hydrogen-bond donors (Lipinski definition) is 1. The van der Waals surface area contributed by atoms with Crippen molar-refractivity contribution < 1.29 is 14.6 Å². The summed E-state index contributed by atoms with van der Waals surface area (Å²) in [6, 6.07) is 0. The van der Waals surface area contributed by atoms with E-state index in [1.54, 1.807) is 0 Å². The Hall–Kier alpha value is -0.610. The summed E-state index contributed by atoms with van der Waals surface area (Å²) in [5, 5.41) is 2.77. The lowest BCUT2D eigenvalue weighted by Crippen LogP contribution is -2.27. The van der Waals surface area contributed by atoms with Gasteiger partial charge >= 0.3 is 0 Å². The zero-order chi connectivity index (χ0) is 12.2. The Bertz CT molecular complexity index is 172. The van der Waals surface area contributed by atoms with Crippen molar-refractivity contribution in [3.8, 4) is 0 Å². The molecular weight excluding hydrogens is 206 g/mol. The zero-order valence-corrected chi connectivity index (χ0v) is 10.8. The van der Waals surface area contributed by atoms with E-state index in [1.165, 1.54) is 0 Å². The Morgan fingerprint density at radius 3 is 2.56 bits per heavy atom. The molecule has 0 aliphatic carbocycles. The minimum Gasteiger partial charge on any atom is -0.354 e. The van der Waals surface area contributed by atoms with Crippen LogP contribution in [0.4, 0.5) is 0 Å². The molecule has 0 aromatic heterocycles. The average Bonchev–Trinajstić information content (AvgIpc) is 2.24. The summed E-state index contributed by atoms with van der Waals surface area (Å²) >= 11 is 0. The van der Waals surface area contributed by atoms with E-state index in [9.17, 15) is 4.79 Å². The van der Waals surface area contributed by atoms with Crippen molar-refractivity contribution in [1.82, 2.24) is 5.32 Å². The van der Waals surface area contributed by atoms with Crippen molar-refractivity contribution >= 4 is 5.91 Å². The Morgan fingerprint density at radius 1 is 1.25 bits per heavy atom. The fraction of sp³-hybridized carbons (Fsp3) is 0.917. The summed E-state index contributed by atoms with van der Waals surface area (Å²) in [5.74, 6) is 0.713. The Kier molecular flexibility index (Phi) is 10.5. The van der Waals surface area contributed by atoms with Gasteiger partial charge in [-0.15, -0.1) is 0 Å². The van der Waals surface area contributed by atoms with Crippen LogP contribution in [0.5, 0.6) is 0 Å². The van der Waals surface area contributed by atoms with Gasteiger partial charge in [-0.05, 0) is 18.8 Å². The van der Waals surface area contributed by atoms with Crippen LogP contribution in [0, 0.1) is 5.92 Å². The largest absolute Gasteiger partial charge is 0.354 e. The van der Waals surface area contributed by atoms with E-state index in [2.05, 4.69) is 26.1 Å². The predicted octanol–water partition coefficient (Wildman–Crippen LogP) is 2.29. The fourth-order valence-corrected chi connectivity index (χ4v) is 1.06. The van der Waals surface area contributed by atoms with Gasteiger partial charge < -0.3 is 5.32 Å². The smallest absolute Gasteiger partial charge is 0.220 e. The van der Waals surface area contributed by atoms with E-state index in [0.29, 0.717) is 32.1 Å². The summed E-state index contributed by atoms with van der Waals surface area (Å²) in [5.41, 5.74) is 0. The minimum atomic E-state index is 0.0904. The molecule has 0 aromatic rings. The van der Waals surface area contributed by atoms with Crippen LogP contribution in [0.15, 0.2) is 0 Å². The van der Waals surface area contributed by atoms with Crippen molar-refractivity contribution in [3.63, 3.8) is 0 Å². The van der Waals surface area contributed by atoms with Crippen molar-refractivity contribution in [2.45, 2.75) is 46.5 Å². The third-order valence-electron chi connectivity index (χ3n) is 2.13. The second-order valence-electron chi connectivity index (χ2n) is 4.28. The molecule has 0 atom stereocenters. The molecular formula is C12H25NO3. The molecule has 1 amide bonds. The van der Waals surface area contributed by atoms with Gasteiger partial charge in [0.2, 0.25) is 5.91 Å². The maximum atomic E-state index is 11.2. The van der Waals surface area contributed by atoms with E-state index in [4.69, 9.17) is 9.78 Å². The third kappa shape index (κ3) is 11.5. The SMILES string of the molecule is CCCCC(=O)NCCOOCCC(C)C. The van der Waals surface area contributed by atoms with Crippen molar-refractivity contribution in [2.24, 2.45) is 5.92 Å². The lowest BCUT2D eigenvalue weighted by Gasteiger charge is -2.07. The molecule has 0 saturated heterocycles. The first-order valence-corrected chi connectivity index (χ1v) is 6.18. The van der Waals surface area contributed by atoms with Gasteiger partial charge in [0.1, 0.15) is 0 Å². The maximum Gasteiger partial charge on any atom is 0.220 e. The van der Waals surface area contributed by atoms with Crippen LogP contribution in [0.25, 0.3) is 0 Å². The summed E-state index contributed by atoms with van der Waals surface area (Å²) in [7, 11) is 0. The number of amides is 1. The topological polar surface area (TPSA) is 47.6 Å². The number of carbonyl (C=O) groups excluding carboxylic acids is 1. The van der Waals surface area contributed by atoms with Crippen molar-refractivity contribution in [2.75, 3.05) is 19.8 Å². The molecule has 4 heteroatoms. The van der Waals surface area contributed by atoms with Crippen LogP contribution >= 0.6 is 0 Å². The third-order valence-corrected chi connectivity index (χ3v) is 2.13. The van der Waals surface area contributed by atoms with Gasteiger partial charge in [0.05, 0.1) is 13.2 Å². The van der Waals surface area contributed by atoms with Crippen LogP contribution in [-0.4, -0.2) is 25.7 Å². The monoisotopic (exact) mass is 231 g/mol. The highest BCUT2D eigenvalue weighted by molar-refractivity contribution is 5.75. The molecule has 0 radical (unpaired) electrons. The van der Waals surface area contributed by atoms with Crippen LogP contribution in [-0.2, 0) is 14.6 Å². The Balaban J connectivity index is 3.11. The second kappa shape index (κ2) is 10.9. The van der Waals surface area contributed by atoms with Crippen molar-refractivity contribution in [3.05, 3.63) is 0 Å². The quantitative estimate of drug-likeness (QED) is 0.356. The second-order valence-corrected chi connectivity index (χ2v) is 4.28. The summed E-state index contributed by atoms with van der Waals surface area (Å²) < 4.78 is 0. The Labute approximate surface area is 98.6 Å². The lowest BCUT2D eigenvalue weighted by molar-refractivity contribution is -0.294. The van der Waals surface area contributed by atoms with Crippen molar-refractivity contribution in [1.29, 1.82) is 0 Å². The highest BCUT2D eigenvalue weighted by Crippen LogP contribution is 1.98. The molecule has 96 valence electrons. The molecule has 4 nitrogen and oxygen atoms in total. The molecule has 0 rings (SSSR count). The summed E-state index contributed by atoms with van der Waals surface area (Å²) in [4.78, 5) is 21.1. The standard InChI is InChI=1S/C12H25NO3/c1-4-5-6-12(14)13-8-10-16-15-9-7-11(2)3/h11H,4-10H2,1-3H3,(H,13,14). The number of rotatable bonds is 10. The fourth-order valence-electron chi connectivity index (χ4n) is 1.06. The number of nitrogens with one attached hydrogen (secondary N) is 1. The highest BCUT2D eigenvalue weighted by atomic mass is 17.2. The van der Waals surface area contributed by atoms with Crippen LogP contribution in [0.3, 0.4) is 0 Å². The predicted molar refractivity (Wildman–Crippen MR) is 63.9 cm³/mol. The maximum absolute atomic E-state index is 11.2. The lowest BCUT2D eigenvalue weighted by atomic mass is 10.1. The van der Waals surface area contributed by atoms with Gasteiger partial charge in [-0.25, -0.2) is 9.78 Å². The van der Waals surface area contributed by atoms with E-state index in [0.717, 1.165) is 19.3 Å². The molecule has 0 fully saturated rings. The van der Waals surface area contributed by atoms with E-state index in [-0.39, 0.29) is 5.91 Å². The molecule has 0 bridgehead atoms. The van der Waals surface area contributed by atoms with Gasteiger partial charge in [0, 0.05) is 13.0 Å². The minimum absolute atomic E-state index is 0.0904. The first-order valence-electron chi connectivity index (χ1n) is 6.18. The van der Waals surface area contributed by atoms with Gasteiger partial charge in [-0.1, -0.05) is 27.2 Å². The Morgan fingerprint density at radius 2 is 1.94 bits per heavy atom. The zero-order valence-electron chi connectivity index (χ0n) is 10.8. The highest BCUT2D eigenvalue weighted by Gasteiger charge is 1.99. The molecule has 0 aliphatic heterocycles. The van der Waals surface area contributed by atoms with Gasteiger partial charge in [-0.2, -0.15) is 0 Å². The molecule has 0 unspecified atom stereocenters. The number of hydrogen-bond acceptors (Lipinski definition) is 3. The van der Waals surface area contributed by atoms with Gasteiger partial charge in [-0.3, -0.25) is 4.79 Å². The van der Waals surface area contributed by atoms with Gasteiger partial charge in [0.15, 0.2) is 0 Å². The first-order chi connectivity index (χ1) is 7.66. The molecule has 0 aliphatic rings. The van der Waals surface area contributed by atoms with E-state index in [1.807, 2.05) is 0 Å². The van der Waals surface area contributed by atoms with Crippen LogP contribution in [0.2, 0.25) is 0 Å². The molecule has 0 aromatic carbocycles. The van der Waals surface area contributed by atoms with E-state index >= 15 is 0 Å². The average molecular weight is 231 g/mol. The molecule has 0 spiro atoms. The number of unbranched alkanes of at least 4 members (excludes halogenated alkanes) is 1. The van der Waals surface area contributed by atoms with E-state index < -0.39 is 0 Å². The summed E-state index contributed by atoms with van der Waals surface area (Å²) in [6.45, 7) is 7.88. The van der Waals surface area contributed by atoms with Gasteiger partial charge in [0.25, 0.3) is 0 Å². The molecule has 0 heterocycles.